The summed E-state index contributed by atoms with van der Waals surface area (Å²) in [4.78, 5) is 22.3. The maximum atomic E-state index is 11.4. The number of halogens is 1. The van der Waals surface area contributed by atoms with Gasteiger partial charge in [-0.2, -0.15) is 0 Å². The Morgan fingerprint density at radius 3 is 2.46 bits per heavy atom. The van der Waals surface area contributed by atoms with E-state index < -0.39 is 16.9 Å². The number of hydrogen-bond acceptors (Lipinski definition) is 5. The van der Waals surface area contributed by atoms with Gasteiger partial charge in [0.15, 0.2) is 0 Å². The molecule has 1 N–H and O–H groups in total. The van der Waals surface area contributed by atoms with E-state index in [1.807, 2.05) is 12.1 Å². The minimum atomic E-state index is -0.962. The number of rotatable bonds is 7. The van der Waals surface area contributed by atoms with Crippen molar-refractivity contribution in [3.63, 3.8) is 0 Å². The molecule has 6 nitrogen and oxygen atoms in total. The molecule has 0 aliphatic rings. The van der Waals surface area contributed by atoms with Crippen LogP contribution < -0.4 is 0 Å². The summed E-state index contributed by atoms with van der Waals surface area (Å²) >= 11 is 7.37. The first-order valence-electron chi connectivity index (χ1n) is 7.03. The number of non-ortho nitro benzene ring substituents is 1. The average molecular weight is 367 g/mol. The van der Waals surface area contributed by atoms with Gasteiger partial charge in [0.25, 0.3) is 5.69 Å². The third kappa shape index (κ3) is 4.70. The van der Waals surface area contributed by atoms with Crippen LogP contribution in [-0.4, -0.2) is 26.3 Å². The van der Waals surface area contributed by atoms with Crippen LogP contribution in [0.5, 0.6) is 0 Å². The van der Waals surface area contributed by atoms with Crippen molar-refractivity contribution in [2.75, 3.05) is 0 Å². The molecule has 1 atom stereocenters. The number of hydrogen-bond donors (Lipinski definition) is 1. The van der Waals surface area contributed by atoms with Gasteiger partial charge >= 0.3 is 5.97 Å². The number of benzene rings is 2. The first-order valence-corrected chi connectivity index (χ1v) is 8.19. The predicted octanol–water partition coefficient (Wildman–Crippen LogP) is 4.23. The summed E-state index contributed by atoms with van der Waals surface area (Å²) in [5.74, 6) is -0.962. The van der Waals surface area contributed by atoms with Crippen molar-refractivity contribution in [2.24, 2.45) is 0 Å². The van der Waals surface area contributed by atoms with E-state index in [2.05, 4.69) is 0 Å². The lowest BCUT2D eigenvalue weighted by atomic mass is 10.2. The summed E-state index contributed by atoms with van der Waals surface area (Å²) in [6.45, 7) is 1.91. The topological polar surface area (TPSA) is 83.7 Å². The lowest BCUT2D eigenvalue weighted by Crippen LogP contribution is -2.33. The highest BCUT2D eigenvalue weighted by Gasteiger charge is 2.23. The molecule has 0 aliphatic carbocycles. The van der Waals surface area contributed by atoms with Crippen LogP contribution in [0.2, 0.25) is 5.02 Å². The van der Waals surface area contributed by atoms with Gasteiger partial charge < -0.3 is 5.11 Å². The van der Waals surface area contributed by atoms with Gasteiger partial charge in [0.05, 0.1) is 4.92 Å². The normalized spacial score (nSPS) is 12.1. The van der Waals surface area contributed by atoms with Gasteiger partial charge in [0.2, 0.25) is 0 Å². The zero-order chi connectivity index (χ0) is 17.7. The molecule has 0 saturated carbocycles. The van der Waals surface area contributed by atoms with E-state index in [9.17, 15) is 20.0 Å². The third-order valence-electron chi connectivity index (χ3n) is 3.34. The number of carboxylic acids is 1. The Bertz CT molecular complexity index is 739. The molecule has 1 unspecified atom stereocenters. The van der Waals surface area contributed by atoms with E-state index in [1.165, 1.54) is 24.1 Å². The minimum absolute atomic E-state index is 0.0108. The summed E-state index contributed by atoms with van der Waals surface area (Å²) in [5, 5.41) is 20.6. The zero-order valence-electron chi connectivity index (χ0n) is 12.8. The van der Waals surface area contributed by atoms with Crippen molar-refractivity contribution in [1.29, 1.82) is 0 Å². The van der Waals surface area contributed by atoms with Gasteiger partial charge in [-0.25, -0.2) is 4.31 Å². The average Bonchev–Trinajstić information content (AvgIpc) is 2.56. The van der Waals surface area contributed by atoms with Crippen LogP contribution in [0, 0.1) is 10.1 Å². The lowest BCUT2D eigenvalue weighted by molar-refractivity contribution is -0.384. The van der Waals surface area contributed by atoms with Crippen LogP contribution in [0.25, 0.3) is 0 Å². The molecule has 2 aromatic rings. The molecule has 8 heteroatoms. The molecule has 0 amide bonds. The van der Waals surface area contributed by atoms with Gasteiger partial charge in [-0.1, -0.05) is 29.8 Å². The molecule has 0 saturated heterocycles. The molecule has 0 aliphatic heterocycles. The molecule has 24 heavy (non-hydrogen) atoms. The largest absolute Gasteiger partial charge is 0.480 e. The zero-order valence-corrected chi connectivity index (χ0v) is 14.3. The lowest BCUT2D eigenvalue weighted by Gasteiger charge is -2.25. The fourth-order valence-electron chi connectivity index (χ4n) is 1.93. The Labute approximate surface area is 148 Å². The molecule has 2 rings (SSSR count). The Balaban J connectivity index is 2.21. The van der Waals surface area contributed by atoms with E-state index in [4.69, 9.17) is 11.6 Å². The predicted molar refractivity (Wildman–Crippen MR) is 93.0 cm³/mol. The molecule has 0 bridgehead atoms. The van der Waals surface area contributed by atoms with Crippen LogP contribution in [0.15, 0.2) is 53.4 Å². The highest BCUT2D eigenvalue weighted by molar-refractivity contribution is 7.97. The van der Waals surface area contributed by atoms with Crippen LogP contribution in [-0.2, 0) is 11.3 Å². The highest BCUT2D eigenvalue weighted by Crippen LogP contribution is 2.30. The number of carboxylic acid groups (broad SMARTS) is 1. The standard InChI is InChI=1S/C16H15ClN2O4S/c1-11(16(20)21)18(10-12-4-2-3-5-15(12)17)24-14-8-6-13(7-9-14)19(22)23/h2-9,11H,10H2,1H3,(H,20,21). The second-order valence-corrected chi connectivity index (χ2v) is 6.55. The Morgan fingerprint density at radius 1 is 1.29 bits per heavy atom. The summed E-state index contributed by atoms with van der Waals surface area (Å²) in [6.07, 6.45) is 0. The first kappa shape index (κ1) is 18.3. The van der Waals surface area contributed by atoms with Crippen LogP contribution in [0.4, 0.5) is 5.69 Å². The number of nitro benzene ring substituents is 1. The fourth-order valence-corrected chi connectivity index (χ4v) is 3.11. The number of nitro groups is 1. The Morgan fingerprint density at radius 2 is 1.92 bits per heavy atom. The number of aliphatic carboxylic acids is 1. The highest BCUT2D eigenvalue weighted by atomic mass is 35.5. The molecular formula is C16H15ClN2O4S. The second kappa shape index (κ2) is 8.14. The van der Waals surface area contributed by atoms with Gasteiger partial charge in [-0.15, -0.1) is 0 Å². The molecule has 0 heterocycles. The van der Waals surface area contributed by atoms with E-state index in [1.54, 1.807) is 35.5 Å². The number of nitrogens with zero attached hydrogens (tertiary/aromatic N) is 2. The van der Waals surface area contributed by atoms with Crippen LogP contribution in [0.1, 0.15) is 12.5 Å². The van der Waals surface area contributed by atoms with Gasteiger partial charge in [-0.3, -0.25) is 14.9 Å². The summed E-state index contributed by atoms with van der Waals surface area (Å²) in [6, 6.07) is 12.4. The van der Waals surface area contributed by atoms with Crippen molar-refractivity contribution in [3.8, 4) is 0 Å². The van der Waals surface area contributed by atoms with E-state index in [0.29, 0.717) is 16.5 Å². The SMILES string of the molecule is CC(C(=O)O)N(Cc1ccccc1Cl)Sc1ccc([N+](=O)[O-])cc1. The maximum absolute atomic E-state index is 11.4. The smallest absolute Gasteiger partial charge is 0.321 e. The first-order chi connectivity index (χ1) is 11.4. The van der Waals surface area contributed by atoms with Gasteiger partial charge in [0.1, 0.15) is 6.04 Å². The minimum Gasteiger partial charge on any atom is -0.480 e. The monoisotopic (exact) mass is 366 g/mol. The van der Waals surface area contributed by atoms with Crippen molar-refractivity contribution in [2.45, 2.75) is 24.4 Å². The van der Waals surface area contributed by atoms with Crippen molar-refractivity contribution < 1.29 is 14.8 Å². The van der Waals surface area contributed by atoms with E-state index in [0.717, 1.165) is 5.56 Å². The maximum Gasteiger partial charge on any atom is 0.321 e. The molecule has 0 spiro atoms. The molecule has 0 radical (unpaired) electrons. The van der Waals surface area contributed by atoms with Crippen molar-refractivity contribution >= 4 is 35.2 Å². The van der Waals surface area contributed by atoms with Gasteiger partial charge in [0, 0.05) is 28.6 Å². The summed E-state index contributed by atoms with van der Waals surface area (Å²) < 4.78 is 1.67. The summed E-state index contributed by atoms with van der Waals surface area (Å²) in [7, 11) is 0. The Kier molecular flexibility index (Phi) is 6.19. The molecular weight excluding hydrogens is 352 g/mol. The van der Waals surface area contributed by atoms with E-state index >= 15 is 0 Å². The van der Waals surface area contributed by atoms with Gasteiger partial charge in [-0.05, 0) is 42.6 Å². The molecule has 0 fully saturated rings. The quantitative estimate of drug-likeness (QED) is 0.448. The Hall–Kier alpha value is -2.09. The summed E-state index contributed by atoms with van der Waals surface area (Å²) in [5.41, 5.74) is 0.796. The number of carbonyl (C=O) groups is 1. The van der Waals surface area contributed by atoms with E-state index in [-0.39, 0.29) is 5.69 Å². The second-order valence-electron chi connectivity index (χ2n) is 5.02. The van der Waals surface area contributed by atoms with Crippen molar-refractivity contribution in [1.82, 2.24) is 4.31 Å². The third-order valence-corrected chi connectivity index (χ3v) is 4.88. The molecule has 126 valence electrons. The van der Waals surface area contributed by atoms with Crippen LogP contribution in [0.3, 0.4) is 0 Å². The molecule has 0 aromatic heterocycles. The molecule has 2 aromatic carbocycles. The van der Waals surface area contributed by atoms with Crippen molar-refractivity contribution in [3.05, 3.63) is 69.2 Å². The van der Waals surface area contributed by atoms with Crippen LogP contribution >= 0.6 is 23.5 Å². The fraction of sp³-hybridized carbons (Fsp3) is 0.188.